The van der Waals surface area contributed by atoms with Gasteiger partial charge in [-0.25, -0.2) is 4.79 Å². The molecular weight excluding hydrogens is 298 g/mol. The van der Waals surface area contributed by atoms with Crippen molar-refractivity contribution in [3.63, 3.8) is 0 Å². The number of nitrogens with one attached hydrogen (secondary N) is 1. The van der Waals surface area contributed by atoms with Crippen LogP contribution in [0.3, 0.4) is 0 Å². The molecule has 0 heterocycles. The Balaban J connectivity index is 2.16. The predicted molar refractivity (Wildman–Crippen MR) is 85.7 cm³/mol. The first kappa shape index (κ1) is 16.1. The van der Waals surface area contributed by atoms with Gasteiger partial charge < -0.3 is 20.3 Å². The summed E-state index contributed by atoms with van der Waals surface area (Å²) >= 11 is 0. The van der Waals surface area contributed by atoms with Crippen LogP contribution in [0.15, 0.2) is 48.5 Å². The van der Waals surface area contributed by atoms with Crippen LogP contribution in [0.1, 0.15) is 15.9 Å². The zero-order chi connectivity index (χ0) is 16.8. The van der Waals surface area contributed by atoms with Gasteiger partial charge in [0.25, 0.3) is 0 Å². The Kier molecular flexibility index (Phi) is 4.99. The zero-order valence-electron chi connectivity index (χ0n) is 12.3. The summed E-state index contributed by atoms with van der Waals surface area (Å²) in [4.78, 5) is 23.0. The van der Waals surface area contributed by atoms with Crippen LogP contribution in [0.25, 0.3) is 6.08 Å². The van der Waals surface area contributed by atoms with Crippen molar-refractivity contribution >= 4 is 23.6 Å². The minimum absolute atomic E-state index is 0.00141. The highest BCUT2D eigenvalue weighted by molar-refractivity contribution is 6.06. The number of phenolic OH excluding ortho intramolecular Hbond substituents is 1. The van der Waals surface area contributed by atoms with E-state index in [0.717, 1.165) is 0 Å². The average molecular weight is 313 g/mol. The third kappa shape index (κ3) is 3.88. The molecule has 0 atom stereocenters. The van der Waals surface area contributed by atoms with Crippen LogP contribution in [-0.4, -0.2) is 29.2 Å². The van der Waals surface area contributed by atoms with E-state index in [1.165, 1.54) is 31.4 Å². The van der Waals surface area contributed by atoms with Crippen molar-refractivity contribution in [3.05, 3.63) is 59.7 Å². The first-order valence-corrected chi connectivity index (χ1v) is 6.70. The summed E-state index contributed by atoms with van der Waals surface area (Å²) in [5.74, 6) is -1.43. The van der Waals surface area contributed by atoms with Gasteiger partial charge in [0.05, 0.1) is 18.4 Å². The Bertz CT molecular complexity index is 767. The standard InChI is InChI=1S/C17H15NO5/c1-23-14-8-4-5-11(16(14)20)9-10-15(19)18-13-7-3-2-6-12(13)17(21)22/h2-10,20H,1H3,(H,18,19)(H,21,22). The molecule has 0 radical (unpaired) electrons. The van der Waals surface area contributed by atoms with Gasteiger partial charge in [-0.1, -0.05) is 24.3 Å². The molecular formula is C17H15NO5. The number of ether oxygens (including phenoxy) is 1. The van der Waals surface area contributed by atoms with Crippen molar-refractivity contribution in [1.82, 2.24) is 0 Å². The summed E-state index contributed by atoms with van der Waals surface area (Å²) < 4.78 is 4.98. The monoisotopic (exact) mass is 313 g/mol. The molecule has 0 saturated heterocycles. The van der Waals surface area contributed by atoms with Crippen molar-refractivity contribution in [2.24, 2.45) is 0 Å². The minimum Gasteiger partial charge on any atom is -0.504 e. The highest BCUT2D eigenvalue weighted by atomic mass is 16.5. The average Bonchev–Trinajstić information content (AvgIpc) is 2.54. The lowest BCUT2D eigenvalue weighted by Crippen LogP contribution is -2.11. The fraction of sp³-hybridized carbons (Fsp3) is 0.0588. The molecule has 6 heteroatoms. The third-order valence-electron chi connectivity index (χ3n) is 3.08. The maximum absolute atomic E-state index is 11.9. The number of carbonyl (C=O) groups is 2. The lowest BCUT2D eigenvalue weighted by molar-refractivity contribution is -0.111. The Hall–Kier alpha value is -3.28. The fourth-order valence-electron chi connectivity index (χ4n) is 1.96. The maximum Gasteiger partial charge on any atom is 0.337 e. The van der Waals surface area contributed by atoms with E-state index in [1.54, 1.807) is 30.3 Å². The third-order valence-corrected chi connectivity index (χ3v) is 3.08. The molecule has 2 aromatic carbocycles. The molecule has 0 fully saturated rings. The number of anilines is 1. The highest BCUT2D eigenvalue weighted by Crippen LogP contribution is 2.30. The maximum atomic E-state index is 11.9. The lowest BCUT2D eigenvalue weighted by atomic mass is 10.1. The van der Waals surface area contributed by atoms with Crippen LogP contribution in [0.4, 0.5) is 5.69 Å². The number of methoxy groups -OCH3 is 1. The second-order valence-electron chi connectivity index (χ2n) is 4.57. The normalized spacial score (nSPS) is 10.5. The number of hydrogen-bond donors (Lipinski definition) is 3. The topological polar surface area (TPSA) is 95.9 Å². The molecule has 0 spiro atoms. The van der Waals surface area contributed by atoms with E-state index in [1.807, 2.05) is 0 Å². The second-order valence-corrected chi connectivity index (χ2v) is 4.57. The molecule has 0 unspecified atom stereocenters. The zero-order valence-corrected chi connectivity index (χ0v) is 12.3. The van der Waals surface area contributed by atoms with Crippen LogP contribution < -0.4 is 10.1 Å². The number of aromatic carboxylic acids is 1. The van der Waals surface area contributed by atoms with Crippen molar-refractivity contribution < 1.29 is 24.5 Å². The number of para-hydroxylation sites is 2. The Labute approximate surface area is 132 Å². The highest BCUT2D eigenvalue weighted by Gasteiger charge is 2.10. The Morgan fingerprint density at radius 1 is 1.13 bits per heavy atom. The van der Waals surface area contributed by atoms with Crippen molar-refractivity contribution in [1.29, 1.82) is 0 Å². The van der Waals surface area contributed by atoms with Gasteiger partial charge in [-0.2, -0.15) is 0 Å². The Morgan fingerprint density at radius 3 is 2.57 bits per heavy atom. The molecule has 6 nitrogen and oxygen atoms in total. The minimum atomic E-state index is -1.13. The summed E-state index contributed by atoms with van der Waals surface area (Å²) in [6.07, 6.45) is 2.61. The second kappa shape index (κ2) is 7.13. The first-order valence-electron chi connectivity index (χ1n) is 6.70. The van der Waals surface area contributed by atoms with E-state index in [9.17, 15) is 14.7 Å². The molecule has 0 aliphatic carbocycles. The van der Waals surface area contributed by atoms with Gasteiger partial charge in [-0.3, -0.25) is 4.79 Å². The van der Waals surface area contributed by atoms with Crippen LogP contribution in [0.5, 0.6) is 11.5 Å². The van der Waals surface area contributed by atoms with E-state index < -0.39 is 11.9 Å². The number of carboxylic acid groups (broad SMARTS) is 1. The van der Waals surface area contributed by atoms with E-state index in [0.29, 0.717) is 11.3 Å². The van der Waals surface area contributed by atoms with Gasteiger partial charge in [0.1, 0.15) is 0 Å². The number of carboxylic acids is 1. The summed E-state index contributed by atoms with van der Waals surface area (Å²) in [6.45, 7) is 0. The first-order chi connectivity index (χ1) is 11.0. The lowest BCUT2D eigenvalue weighted by Gasteiger charge is -2.07. The van der Waals surface area contributed by atoms with Gasteiger partial charge in [0.15, 0.2) is 11.5 Å². The molecule has 118 valence electrons. The van der Waals surface area contributed by atoms with Gasteiger partial charge in [0, 0.05) is 11.6 Å². The number of aromatic hydroxyl groups is 1. The number of rotatable bonds is 5. The molecule has 2 rings (SSSR count). The molecule has 0 saturated carbocycles. The summed E-state index contributed by atoms with van der Waals surface area (Å²) in [5.41, 5.74) is 0.606. The van der Waals surface area contributed by atoms with E-state index in [-0.39, 0.29) is 17.0 Å². The van der Waals surface area contributed by atoms with E-state index in [2.05, 4.69) is 5.32 Å². The summed E-state index contributed by atoms with van der Waals surface area (Å²) in [7, 11) is 1.43. The molecule has 23 heavy (non-hydrogen) atoms. The quantitative estimate of drug-likeness (QED) is 0.738. The molecule has 1 amide bonds. The van der Waals surface area contributed by atoms with Gasteiger partial charge >= 0.3 is 5.97 Å². The van der Waals surface area contributed by atoms with Gasteiger partial charge in [-0.15, -0.1) is 0 Å². The molecule has 2 aromatic rings. The van der Waals surface area contributed by atoms with Crippen LogP contribution >= 0.6 is 0 Å². The number of hydrogen-bond acceptors (Lipinski definition) is 4. The SMILES string of the molecule is COc1cccc(C=CC(=O)Nc2ccccc2C(=O)O)c1O. The number of carbonyl (C=O) groups excluding carboxylic acids is 1. The van der Waals surface area contributed by atoms with Crippen LogP contribution in [0, 0.1) is 0 Å². The van der Waals surface area contributed by atoms with E-state index >= 15 is 0 Å². The van der Waals surface area contributed by atoms with Crippen LogP contribution in [-0.2, 0) is 4.79 Å². The van der Waals surface area contributed by atoms with Gasteiger partial charge in [0.2, 0.25) is 5.91 Å². The van der Waals surface area contributed by atoms with Crippen molar-refractivity contribution in [3.8, 4) is 11.5 Å². The number of benzene rings is 2. The summed E-state index contributed by atoms with van der Waals surface area (Å²) in [6, 6.07) is 11.0. The van der Waals surface area contributed by atoms with Crippen molar-refractivity contribution in [2.45, 2.75) is 0 Å². The smallest absolute Gasteiger partial charge is 0.337 e. The molecule has 0 bridgehead atoms. The molecule has 3 N–H and O–H groups in total. The van der Waals surface area contributed by atoms with Crippen LogP contribution in [0.2, 0.25) is 0 Å². The molecule has 0 aromatic heterocycles. The van der Waals surface area contributed by atoms with Gasteiger partial charge in [-0.05, 0) is 24.3 Å². The number of phenols is 1. The molecule has 0 aliphatic heterocycles. The predicted octanol–water partition coefficient (Wildman–Crippen LogP) is 2.75. The fourth-order valence-corrected chi connectivity index (χ4v) is 1.96. The van der Waals surface area contributed by atoms with Crippen molar-refractivity contribution in [2.75, 3.05) is 12.4 Å². The largest absolute Gasteiger partial charge is 0.504 e. The summed E-state index contributed by atoms with van der Waals surface area (Å²) in [5, 5.41) is 21.5. The molecule has 0 aliphatic rings. The Morgan fingerprint density at radius 2 is 1.87 bits per heavy atom. The number of amides is 1. The van der Waals surface area contributed by atoms with E-state index in [4.69, 9.17) is 9.84 Å².